The van der Waals surface area contributed by atoms with Gasteiger partial charge in [0.15, 0.2) is 8.38 Å². The minimum Gasteiger partial charge on any atom is -0.333 e. The maximum atomic E-state index is 13.2. The van der Waals surface area contributed by atoms with E-state index in [9.17, 15) is 14.9 Å². The second-order valence-electron chi connectivity index (χ2n) is 6.73. The quantitative estimate of drug-likeness (QED) is 0.266. The van der Waals surface area contributed by atoms with Crippen LogP contribution in [0.1, 0.15) is 23.2 Å². The van der Waals surface area contributed by atoms with E-state index in [0.29, 0.717) is 23.8 Å². The van der Waals surface area contributed by atoms with Crippen molar-refractivity contribution in [1.82, 2.24) is 5.32 Å². The summed E-state index contributed by atoms with van der Waals surface area (Å²) >= 11 is 7.73. The Kier molecular flexibility index (Phi) is 6.95. The highest BCUT2D eigenvalue weighted by Gasteiger charge is 2.35. The number of carbonyl (C=O) groups excluding carboxylic acids is 1. The van der Waals surface area contributed by atoms with Crippen molar-refractivity contribution in [2.75, 3.05) is 13.2 Å². The van der Waals surface area contributed by atoms with E-state index in [1.54, 1.807) is 18.2 Å². The van der Waals surface area contributed by atoms with Crippen molar-refractivity contribution in [2.45, 2.75) is 12.1 Å². The molecule has 3 aromatic rings. The predicted molar refractivity (Wildman–Crippen MR) is 123 cm³/mol. The van der Waals surface area contributed by atoms with Crippen LogP contribution in [0.3, 0.4) is 0 Å². The molecule has 1 aromatic heterocycles. The molecule has 2 aromatic carbocycles. The third-order valence-electron chi connectivity index (χ3n) is 4.63. The molecule has 1 aliphatic heterocycles. The summed E-state index contributed by atoms with van der Waals surface area (Å²) in [6.45, 7) is 1.09. The first-order chi connectivity index (χ1) is 15.0. The number of fused-ring (bicyclic) bond motifs is 1. The molecule has 1 saturated heterocycles. The van der Waals surface area contributed by atoms with Crippen LogP contribution in [-0.4, -0.2) is 24.0 Å². The van der Waals surface area contributed by atoms with Crippen molar-refractivity contribution in [2.24, 2.45) is 0 Å². The van der Waals surface area contributed by atoms with Gasteiger partial charge < -0.3 is 14.4 Å². The first kappa shape index (κ1) is 21.9. The zero-order valence-electron chi connectivity index (χ0n) is 16.2. The Labute approximate surface area is 188 Å². The van der Waals surface area contributed by atoms with E-state index in [-0.39, 0.29) is 11.6 Å². The molecule has 1 amide bonds. The smallest absolute Gasteiger partial charge is 0.270 e. The Morgan fingerprint density at radius 3 is 2.84 bits per heavy atom. The van der Waals surface area contributed by atoms with E-state index in [0.717, 1.165) is 22.1 Å². The van der Waals surface area contributed by atoms with Crippen molar-refractivity contribution >= 4 is 59.1 Å². The Hall–Kier alpha value is -2.35. The van der Waals surface area contributed by atoms with Gasteiger partial charge in [-0.25, -0.2) is 0 Å². The lowest BCUT2D eigenvalue weighted by Gasteiger charge is -2.28. The molecule has 0 radical (unpaired) electrons. The first-order valence-electron chi connectivity index (χ1n) is 9.46. The molecule has 0 bridgehead atoms. The summed E-state index contributed by atoms with van der Waals surface area (Å²) in [4.78, 5) is 23.7. The molecule has 7 nitrogen and oxygen atoms in total. The third kappa shape index (κ3) is 5.11. The van der Waals surface area contributed by atoms with Crippen molar-refractivity contribution in [3.05, 3.63) is 80.3 Å². The Balaban J connectivity index is 1.59. The fourth-order valence-corrected chi connectivity index (χ4v) is 6.12. The number of hydrogen-bond donors (Lipinski definition) is 1. The topological polar surface area (TPSA) is 90.7 Å². The van der Waals surface area contributed by atoms with Crippen molar-refractivity contribution in [1.29, 1.82) is 0 Å². The van der Waals surface area contributed by atoms with Crippen LogP contribution in [0.25, 0.3) is 16.2 Å². The molecule has 4 rings (SSSR count). The van der Waals surface area contributed by atoms with Crippen LogP contribution in [0.15, 0.2) is 54.0 Å². The van der Waals surface area contributed by atoms with Gasteiger partial charge in [-0.2, -0.15) is 0 Å². The highest BCUT2D eigenvalue weighted by Crippen LogP contribution is 2.56. The predicted octanol–water partition coefficient (Wildman–Crippen LogP) is 6.04. The largest absolute Gasteiger partial charge is 0.333 e. The maximum Gasteiger partial charge on any atom is 0.270 e. The van der Waals surface area contributed by atoms with Crippen molar-refractivity contribution in [3.8, 4) is 0 Å². The molecule has 0 aliphatic carbocycles. The van der Waals surface area contributed by atoms with Gasteiger partial charge in [-0.05, 0) is 52.6 Å². The minimum atomic E-state index is -1.46. The Morgan fingerprint density at radius 2 is 2.06 bits per heavy atom. The Bertz CT molecular complexity index is 1150. The molecule has 1 aliphatic rings. The van der Waals surface area contributed by atoms with E-state index in [4.69, 9.17) is 20.6 Å². The number of benzene rings is 2. The van der Waals surface area contributed by atoms with E-state index < -0.39 is 19.0 Å². The van der Waals surface area contributed by atoms with Crippen LogP contribution in [-0.2, 0) is 13.8 Å². The molecule has 1 atom stereocenters. The fourth-order valence-electron chi connectivity index (χ4n) is 3.18. The number of hydrogen-bond acceptors (Lipinski definition) is 6. The van der Waals surface area contributed by atoms with Crippen LogP contribution in [0.4, 0.5) is 5.69 Å². The lowest BCUT2D eigenvalue weighted by atomic mass is 10.1. The van der Waals surface area contributed by atoms with E-state index in [2.05, 4.69) is 5.32 Å². The SMILES string of the molecule is O=C(NC=Cc1cccc([N+](=O)[O-])c1)C(c1csc2ccc(Cl)cc12)P1OCCCO1. The highest BCUT2D eigenvalue weighted by atomic mass is 35.5. The number of thiophene rings is 1. The summed E-state index contributed by atoms with van der Waals surface area (Å²) in [5.74, 6) is -0.269. The summed E-state index contributed by atoms with van der Waals surface area (Å²) < 4.78 is 12.7. The number of nitrogens with one attached hydrogen (secondary N) is 1. The molecule has 1 N–H and O–H groups in total. The number of amides is 1. The van der Waals surface area contributed by atoms with Crippen molar-refractivity contribution in [3.63, 3.8) is 0 Å². The number of halogens is 1. The monoisotopic (exact) mass is 476 g/mol. The lowest BCUT2D eigenvalue weighted by molar-refractivity contribution is -0.384. The van der Waals surface area contributed by atoms with Gasteiger partial charge in [0.05, 0.1) is 18.1 Å². The fraction of sp³-hybridized carbons (Fsp3) is 0.190. The molecule has 2 heterocycles. The maximum absolute atomic E-state index is 13.2. The van der Waals surface area contributed by atoms with Crippen LogP contribution in [0.5, 0.6) is 0 Å². The number of nitro groups is 1. The van der Waals surface area contributed by atoms with Gasteiger partial charge in [-0.15, -0.1) is 11.3 Å². The highest BCUT2D eigenvalue weighted by molar-refractivity contribution is 7.49. The average Bonchev–Trinajstić information content (AvgIpc) is 3.17. The summed E-state index contributed by atoms with van der Waals surface area (Å²) in [5, 5.41) is 17.2. The number of nitro benzene ring substituents is 1. The molecular formula is C21H18ClN2O5PS. The van der Waals surface area contributed by atoms with Gasteiger partial charge in [0.25, 0.3) is 5.69 Å². The van der Waals surface area contributed by atoms with Gasteiger partial charge >= 0.3 is 0 Å². The third-order valence-corrected chi connectivity index (χ3v) is 7.65. The number of carbonyl (C=O) groups is 1. The molecule has 10 heteroatoms. The molecule has 1 unspecified atom stereocenters. The zero-order valence-corrected chi connectivity index (χ0v) is 18.7. The summed E-state index contributed by atoms with van der Waals surface area (Å²) in [5.41, 5.74) is 0.782. The normalized spacial score (nSPS) is 15.9. The van der Waals surface area contributed by atoms with Gasteiger partial charge in [0.2, 0.25) is 5.91 Å². The number of non-ortho nitro benzene ring substituents is 1. The molecular weight excluding hydrogens is 459 g/mol. The van der Waals surface area contributed by atoms with Gasteiger partial charge in [0.1, 0.15) is 5.66 Å². The second kappa shape index (κ2) is 9.85. The van der Waals surface area contributed by atoms with Crippen LogP contribution >= 0.6 is 31.3 Å². The van der Waals surface area contributed by atoms with Crippen molar-refractivity contribution < 1.29 is 18.8 Å². The van der Waals surface area contributed by atoms with Crippen LogP contribution in [0, 0.1) is 10.1 Å². The first-order valence-corrected chi connectivity index (χ1v) is 12.0. The number of rotatable bonds is 6. The van der Waals surface area contributed by atoms with Gasteiger partial charge in [0, 0.05) is 28.1 Å². The summed E-state index contributed by atoms with van der Waals surface area (Å²) in [7, 11) is -1.46. The van der Waals surface area contributed by atoms with Gasteiger partial charge in [-0.1, -0.05) is 23.7 Å². The Morgan fingerprint density at radius 1 is 1.26 bits per heavy atom. The second-order valence-corrected chi connectivity index (χ2v) is 9.68. The average molecular weight is 477 g/mol. The zero-order chi connectivity index (χ0) is 21.8. The minimum absolute atomic E-state index is 0.0135. The van der Waals surface area contributed by atoms with Crippen LogP contribution < -0.4 is 5.32 Å². The van der Waals surface area contributed by atoms with E-state index >= 15 is 0 Å². The summed E-state index contributed by atoms with van der Waals surface area (Å²) in [6.07, 6.45) is 3.88. The molecule has 0 spiro atoms. The molecule has 0 saturated carbocycles. The molecule has 160 valence electrons. The molecule has 31 heavy (non-hydrogen) atoms. The lowest BCUT2D eigenvalue weighted by Crippen LogP contribution is -2.26. The number of nitrogens with zero attached hydrogens (tertiary/aromatic N) is 1. The van der Waals surface area contributed by atoms with Gasteiger partial charge in [-0.3, -0.25) is 14.9 Å². The van der Waals surface area contributed by atoms with Crippen LogP contribution in [0.2, 0.25) is 5.02 Å². The van der Waals surface area contributed by atoms with E-state index in [1.807, 2.05) is 23.6 Å². The summed E-state index contributed by atoms with van der Waals surface area (Å²) in [6, 6.07) is 11.8. The standard InChI is InChI=1S/C21H18ClN2O5PS/c22-15-5-6-19-17(12-15)18(13-31-19)20(30-28-9-2-10-29-30)21(25)23-8-7-14-3-1-4-16(11-14)24(26)27/h1,3-8,11-13,20H,2,9-10H2,(H,23,25). The molecule has 1 fully saturated rings. The van der Waals surface area contributed by atoms with E-state index in [1.165, 1.54) is 29.7 Å².